The molecule has 0 radical (unpaired) electrons. The Morgan fingerprint density at radius 3 is 2.67 bits per heavy atom. The number of rotatable bonds is 5. The lowest BCUT2D eigenvalue weighted by molar-refractivity contribution is -0.159. The Labute approximate surface area is 113 Å². The van der Waals surface area contributed by atoms with Gasteiger partial charge < -0.3 is 19.7 Å². The van der Waals surface area contributed by atoms with Crippen molar-refractivity contribution in [2.75, 3.05) is 13.7 Å². The average molecular weight is 319 g/mol. The highest BCUT2D eigenvalue weighted by Gasteiger charge is 2.29. The highest BCUT2D eigenvalue weighted by atomic mass is 79.9. The molecule has 1 aromatic rings. The second-order valence-corrected chi connectivity index (χ2v) is 4.44. The zero-order chi connectivity index (χ0) is 13.7. The Kier molecular flexibility index (Phi) is 5.58. The number of aliphatic hydroxyl groups is 2. The van der Waals surface area contributed by atoms with E-state index in [1.54, 1.807) is 25.1 Å². The Morgan fingerprint density at radius 1 is 1.44 bits per heavy atom. The number of halogens is 1. The third-order valence-electron chi connectivity index (χ3n) is 2.34. The van der Waals surface area contributed by atoms with Crippen LogP contribution in [0.2, 0.25) is 0 Å². The molecule has 2 atom stereocenters. The van der Waals surface area contributed by atoms with Crippen LogP contribution in [0.15, 0.2) is 22.7 Å². The van der Waals surface area contributed by atoms with Crippen LogP contribution in [-0.2, 0) is 9.53 Å². The van der Waals surface area contributed by atoms with Gasteiger partial charge in [-0.3, -0.25) is 0 Å². The summed E-state index contributed by atoms with van der Waals surface area (Å²) in [5, 5.41) is 19.6. The van der Waals surface area contributed by atoms with E-state index < -0.39 is 18.2 Å². The Hall–Kier alpha value is -1.11. The molecule has 0 bridgehead atoms. The molecule has 0 saturated heterocycles. The number of esters is 1. The van der Waals surface area contributed by atoms with E-state index in [0.717, 1.165) is 4.47 Å². The molecule has 0 aliphatic heterocycles. The van der Waals surface area contributed by atoms with E-state index in [2.05, 4.69) is 20.7 Å². The van der Waals surface area contributed by atoms with Crippen molar-refractivity contribution in [1.29, 1.82) is 0 Å². The zero-order valence-electron chi connectivity index (χ0n) is 10.1. The number of hydrogen-bond donors (Lipinski definition) is 2. The van der Waals surface area contributed by atoms with Crippen molar-refractivity contribution < 1.29 is 24.5 Å². The first kappa shape index (κ1) is 14.9. The summed E-state index contributed by atoms with van der Waals surface area (Å²) in [4.78, 5) is 11.3. The van der Waals surface area contributed by atoms with Gasteiger partial charge in [-0.2, -0.15) is 0 Å². The summed E-state index contributed by atoms with van der Waals surface area (Å²) in [6.45, 7) is 1.76. The van der Waals surface area contributed by atoms with Crippen molar-refractivity contribution in [1.82, 2.24) is 0 Å². The van der Waals surface area contributed by atoms with Crippen molar-refractivity contribution in [2.45, 2.75) is 19.1 Å². The fourth-order valence-corrected chi connectivity index (χ4v) is 1.80. The fraction of sp³-hybridized carbons (Fsp3) is 0.417. The van der Waals surface area contributed by atoms with Crippen LogP contribution in [0.4, 0.5) is 0 Å². The summed E-state index contributed by atoms with van der Waals surface area (Å²) >= 11 is 3.26. The molecule has 100 valence electrons. The zero-order valence-corrected chi connectivity index (χ0v) is 11.7. The molecular formula is C12H15BrO5. The maximum Gasteiger partial charge on any atom is 0.338 e. The van der Waals surface area contributed by atoms with Gasteiger partial charge in [0, 0.05) is 10.0 Å². The van der Waals surface area contributed by atoms with Gasteiger partial charge in [-0.25, -0.2) is 4.79 Å². The van der Waals surface area contributed by atoms with Crippen LogP contribution in [0, 0.1) is 0 Å². The molecule has 0 aromatic heterocycles. The van der Waals surface area contributed by atoms with Gasteiger partial charge in [-0.1, -0.05) is 22.0 Å². The van der Waals surface area contributed by atoms with E-state index in [-0.39, 0.29) is 6.61 Å². The number of ether oxygens (including phenoxy) is 2. The first-order chi connectivity index (χ1) is 8.51. The average Bonchev–Trinajstić information content (AvgIpc) is 2.37. The van der Waals surface area contributed by atoms with Gasteiger partial charge in [-0.15, -0.1) is 0 Å². The first-order valence-corrected chi connectivity index (χ1v) is 6.16. The second kappa shape index (κ2) is 6.72. The van der Waals surface area contributed by atoms with E-state index in [4.69, 9.17) is 4.74 Å². The molecule has 0 aliphatic carbocycles. The third-order valence-corrected chi connectivity index (χ3v) is 2.83. The van der Waals surface area contributed by atoms with Crippen molar-refractivity contribution in [3.05, 3.63) is 28.2 Å². The molecule has 2 N–H and O–H groups in total. The molecule has 0 aliphatic rings. The molecule has 1 aromatic carbocycles. The van der Waals surface area contributed by atoms with Crippen molar-refractivity contribution >= 4 is 21.9 Å². The summed E-state index contributed by atoms with van der Waals surface area (Å²) in [5.41, 5.74) is 0.321. The monoisotopic (exact) mass is 318 g/mol. The van der Waals surface area contributed by atoms with Crippen LogP contribution in [-0.4, -0.2) is 36.0 Å². The summed E-state index contributed by atoms with van der Waals surface area (Å²) in [7, 11) is 1.44. The van der Waals surface area contributed by atoms with E-state index in [1.807, 2.05) is 0 Å². The summed E-state index contributed by atoms with van der Waals surface area (Å²) in [6.07, 6.45) is -3.04. The van der Waals surface area contributed by atoms with Crippen LogP contribution in [0.1, 0.15) is 18.6 Å². The Morgan fingerprint density at radius 2 is 2.11 bits per heavy atom. The van der Waals surface area contributed by atoms with Crippen molar-refractivity contribution in [2.24, 2.45) is 0 Å². The minimum atomic E-state index is -1.64. The third kappa shape index (κ3) is 3.44. The minimum Gasteiger partial charge on any atom is -0.496 e. The molecule has 6 heteroatoms. The van der Waals surface area contributed by atoms with Crippen LogP contribution in [0.3, 0.4) is 0 Å². The SMILES string of the molecule is CCOC(=O)C(O)C(O)c1ccc(Br)cc1OC. The van der Waals surface area contributed by atoms with Gasteiger partial charge in [0.2, 0.25) is 0 Å². The molecule has 1 rings (SSSR count). The molecular weight excluding hydrogens is 304 g/mol. The summed E-state index contributed by atoms with van der Waals surface area (Å²) < 4.78 is 10.5. The quantitative estimate of drug-likeness (QED) is 0.803. The van der Waals surface area contributed by atoms with Gasteiger partial charge in [0.05, 0.1) is 13.7 Å². The smallest absolute Gasteiger partial charge is 0.338 e. The fourth-order valence-electron chi connectivity index (χ4n) is 1.46. The van der Waals surface area contributed by atoms with Gasteiger partial charge in [-0.05, 0) is 19.1 Å². The van der Waals surface area contributed by atoms with Crippen LogP contribution in [0.5, 0.6) is 5.75 Å². The molecule has 2 unspecified atom stereocenters. The number of benzene rings is 1. The highest BCUT2D eigenvalue weighted by molar-refractivity contribution is 9.10. The second-order valence-electron chi connectivity index (χ2n) is 3.53. The van der Waals surface area contributed by atoms with E-state index in [0.29, 0.717) is 11.3 Å². The number of carbonyl (C=O) groups is 1. The standard InChI is InChI=1S/C12H15BrO5/c1-3-18-12(16)11(15)10(14)8-5-4-7(13)6-9(8)17-2/h4-6,10-11,14-15H,3H2,1-2H3. The lowest BCUT2D eigenvalue weighted by Gasteiger charge is -2.19. The van der Waals surface area contributed by atoms with Gasteiger partial charge in [0.25, 0.3) is 0 Å². The normalized spacial score (nSPS) is 13.8. The van der Waals surface area contributed by atoms with E-state index in [1.165, 1.54) is 7.11 Å². The molecule has 0 spiro atoms. The molecule has 18 heavy (non-hydrogen) atoms. The Balaban J connectivity index is 2.95. The maximum absolute atomic E-state index is 11.3. The van der Waals surface area contributed by atoms with Crippen LogP contribution >= 0.6 is 15.9 Å². The number of methoxy groups -OCH3 is 1. The Bertz CT molecular complexity index is 421. The largest absolute Gasteiger partial charge is 0.496 e. The van der Waals surface area contributed by atoms with E-state index >= 15 is 0 Å². The molecule has 0 fully saturated rings. The van der Waals surface area contributed by atoms with Crippen molar-refractivity contribution in [3.8, 4) is 5.75 Å². The predicted octanol–water partition coefficient (Wildman–Crippen LogP) is 1.42. The lowest BCUT2D eigenvalue weighted by Crippen LogP contribution is -2.30. The predicted molar refractivity (Wildman–Crippen MR) is 68.3 cm³/mol. The molecule has 5 nitrogen and oxygen atoms in total. The first-order valence-electron chi connectivity index (χ1n) is 5.37. The van der Waals surface area contributed by atoms with Crippen LogP contribution in [0.25, 0.3) is 0 Å². The summed E-state index contributed by atoms with van der Waals surface area (Å²) in [5.74, 6) is -0.491. The van der Waals surface area contributed by atoms with Gasteiger partial charge in [0.1, 0.15) is 11.9 Å². The molecule has 0 heterocycles. The summed E-state index contributed by atoms with van der Waals surface area (Å²) in [6, 6.07) is 4.88. The van der Waals surface area contributed by atoms with Crippen molar-refractivity contribution in [3.63, 3.8) is 0 Å². The molecule has 0 amide bonds. The molecule has 0 saturated carbocycles. The number of aliphatic hydroxyl groups excluding tert-OH is 2. The maximum atomic E-state index is 11.3. The lowest BCUT2D eigenvalue weighted by atomic mass is 10.0. The number of carbonyl (C=O) groups excluding carboxylic acids is 1. The number of hydrogen-bond acceptors (Lipinski definition) is 5. The van der Waals surface area contributed by atoms with Gasteiger partial charge >= 0.3 is 5.97 Å². The van der Waals surface area contributed by atoms with Crippen LogP contribution < -0.4 is 4.74 Å². The van der Waals surface area contributed by atoms with Gasteiger partial charge in [0.15, 0.2) is 6.10 Å². The minimum absolute atomic E-state index is 0.139. The highest BCUT2D eigenvalue weighted by Crippen LogP contribution is 2.30. The van der Waals surface area contributed by atoms with E-state index in [9.17, 15) is 15.0 Å². The topological polar surface area (TPSA) is 76.0 Å².